The molecule has 0 unspecified atom stereocenters. The van der Waals surface area contributed by atoms with Crippen LogP contribution in [0.5, 0.6) is 0 Å². The lowest BCUT2D eigenvalue weighted by Gasteiger charge is -2.08. The number of thioether (sulfide) groups is 1. The second-order valence-corrected chi connectivity index (χ2v) is 5.89. The first-order chi connectivity index (χ1) is 9.88. The molecule has 0 saturated heterocycles. The number of hydrogen-bond acceptors (Lipinski definition) is 5. The third-order valence-electron chi connectivity index (χ3n) is 3.24. The van der Waals surface area contributed by atoms with Crippen molar-refractivity contribution in [1.82, 2.24) is 14.8 Å². The summed E-state index contributed by atoms with van der Waals surface area (Å²) < 4.78 is 13.0. The van der Waals surface area contributed by atoms with Gasteiger partial charge in [0.1, 0.15) is 11.6 Å². The number of aromatic nitrogens is 3. The molecule has 0 aromatic carbocycles. The van der Waals surface area contributed by atoms with Crippen molar-refractivity contribution in [3.63, 3.8) is 0 Å². The van der Waals surface area contributed by atoms with Crippen LogP contribution in [0.1, 0.15) is 37.3 Å². The Labute approximate surface area is 122 Å². The van der Waals surface area contributed by atoms with E-state index >= 15 is 0 Å². The van der Waals surface area contributed by atoms with Gasteiger partial charge in [0.05, 0.1) is 19.4 Å². The lowest BCUT2D eigenvalue weighted by Crippen LogP contribution is -2.06. The van der Waals surface area contributed by atoms with Gasteiger partial charge in [-0.1, -0.05) is 11.8 Å². The monoisotopic (exact) mass is 293 g/mol. The number of ether oxygens (including phenoxy) is 1. The second-order valence-electron chi connectivity index (χ2n) is 4.83. The summed E-state index contributed by atoms with van der Waals surface area (Å²) in [5.74, 6) is 3.52. The summed E-state index contributed by atoms with van der Waals surface area (Å²) >= 11 is 1.70. The van der Waals surface area contributed by atoms with Crippen LogP contribution in [0.3, 0.4) is 0 Å². The SMILES string of the molecule is CCOCCSc1nnc(C2CC2)n1Cc1ccco1. The fraction of sp³-hybridized carbons (Fsp3) is 0.571. The van der Waals surface area contributed by atoms with E-state index in [2.05, 4.69) is 14.8 Å². The van der Waals surface area contributed by atoms with E-state index in [1.807, 2.05) is 19.1 Å². The highest BCUT2D eigenvalue weighted by Gasteiger charge is 2.30. The molecule has 0 atom stereocenters. The number of rotatable bonds is 8. The van der Waals surface area contributed by atoms with Gasteiger partial charge in [-0.2, -0.15) is 0 Å². The largest absolute Gasteiger partial charge is 0.467 e. The van der Waals surface area contributed by atoms with Crippen LogP contribution in [-0.4, -0.2) is 33.7 Å². The fourth-order valence-corrected chi connectivity index (χ4v) is 2.89. The molecule has 108 valence electrons. The number of hydrogen-bond donors (Lipinski definition) is 0. The highest BCUT2D eigenvalue weighted by molar-refractivity contribution is 7.99. The average molecular weight is 293 g/mol. The molecule has 5 nitrogen and oxygen atoms in total. The summed E-state index contributed by atoms with van der Waals surface area (Å²) in [5, 5.41) is 9.66. The van der Waals surface area contributed by atoms with E-state index < -0.39 is 0 Å². The molecular weight excluding hydrogens is 274 g/mol. The Kier molecular flexibility index (Phi) is 4.42. The topological polar surface area (TPSA) is 53.1 Å². The molecule has 2 aromatic rings. The highest BCUT2D eigenvalue weighted by Crippen LogP contribution is 2.40. The van der Waals surface area contributed by atoms with E-state index in [-0.39, 0.29) is 0 Å². The minimum atomic E-state index is 0.582. The summed E-state index contributed by atoms with van der Waals surface area (Å²) in [5.41, 5.74) is 0. The maximum atomic E-state index is 5.45. The zero-order valence-corrected chi connectivity index (χ0v) is 12.4. The van der Waals surface area contributed by atoms with Crippen LogP contribution in [0.4, 0.5) is 0 Å². The maximum Gasteiger partial charge on any atom is 0.191 e. The normalized spacial score (nSPS) is 14.8. The predicted octanol–water partition coefficient (Wildman–Crippen LogP) is 2.93. The Morgan fingerprint density at radius 2 is 2.35 bits per heavy atom. The molecule has 0 N–H and O–H groups in total. The van der Waals surface area contributed by atoms with Crippen molar-refractivity contribution < 1.29 is 9.15 Å². The first-order valence-electron chi connectivity index (χ1n) is 7.04. The molecule has 0 bridgehead atoms. The Hall–Kier alpha value is -1.27. The van der Waals surface area contributed by atoms with E-state index in [1.54, 1.807) is 18.0 Å². The second kappa shape index (κ2) is 6.45. The van der Waals surface area contributed by atoms with Crippen molar-refractivity contribution in [1.29, 1.82) is 0 Å². The van der Waals surface area contributed by atoms with Crippen molar-refractivity contribution in [2.45, 2.75) is 37.4 Å². The Morgan fingerprint density at radius 3 is 3.05 bits per heavy atom. The molecule has 1 saturated carbocycles. The molecule has 2 heterocycles. The Bertz CT molecular complexity index is 535. The van der Waals surface area contributed by atoms with Gasteiger partial charge in [-0.15, -0.1) is 10.2 Å². The molecule has 20 heavy (non-hydrogen) atoms. The maximum absolute atomic E-state index is 5.45. The van der Waals surface area contributed by atoms with Crippen LogP contribution in [0.25, 0.3) is 0 Å². The van der Waals surface area contributed by atoms with Gasteiger partial charge in [-0.25, -0.2) is 0 Å². The van der Waals surface area contributed by atoms with Crippen molar-refractivity contribution in [2.75, 3.05) is 19.0 Å². The first-order valence-corrected chi connectivity index (χ1v) is 8.03. The molecule has 3 rings (SSSR count). The van der Waals surface area contributed by atoms with Gasteiger partial charge >= 0.3 is 0 Å². The highest BCUT2D eigenvalue weighted by atomic mass is 32.2. The van der Waals surface area contributed by atoms with Gasteiger partial charge in [-0.3, -0.25) is 4.57 Å². The van der Waals surface area contributed by atoms with Crippen LogP contribution in [0, 0.1) is 0 Å². The van der Waals surface area contributed by atoms with Crippen LogP contribution in [0.15, 0.2) is 28.0 Å². The van der Waals surface area contributed by atoms with Crippen LogP contribution < -0.4 is 0 Å². The van der Waals surface area contributed by atoms with E-state index in [0.717, 1.165) is 35.7 Å². The Morgan fingerprint density at radius 1 is 1.45 bits per heavy atom. The fourth-order valence-electron chi connectivity index (χ4n) is 2.09. The van der Waals surface area contributed by atoms with Crippen molar-refractivity contribution in [3.05, 3.63) is 30.0 Å². The lowest BCUT2D eigenvalue weighted by atomic mass is 10.3. The smallest absolute Gasteiger partial charge is 0.191 e. The third-order valence-corrected chi connectivity index (χ3v) is 4.18. The molecule has 1 aliphatic rings. The molecule has 6 heteroatoms. The van der Waals surface area contributed by atoms with Gasteiger partial charge < -0.3 is 9.15 Å². The standard InChI is InChI=1S/C14H19N3O2S/c1-2-18-8-9-20-14-16-15-13(11-5-6-11)17(14)10-12-4-3-7-19-12/h3-4,7,11H,2,5-6,8-10H2,1H3. The zero-order chi connectivity index (χ0) is 13.8. The van der Waals surface area contributed by atoms with Gasteiger partial charge in [0.2, 0.25) is 0 Å². The minimum absolute atomic E-state index is 0.582. The van der Waals surface area contributed by atoms with E-state index in [4.69, 9.17) is 9.15 Å². The van der Waals surface area contributed by atoms with E-state index in [1.165, 1.54) is 12.8 Å². The molecule has 1 fully saturated rings. The first kappa shape index (κ1) is 13.7. The molecule has 0 spiro atoms. The zero-order valence-electron chi connectivity index (χ0n) is 11.6. The molecule has 2 aromatic heterocycles. The summed E-state index contributed by atoms with van der Waals surface area (Å²) in [6.07, 6.45) is 4.15. The third kappa shape index (κ3) is 3.24. The van der Waals surface area contributed by atoms with E-state index in [9.17, 15) is 0 Å². The number of furan rings is 1. The summed E-state index contributed by atoms with van der Waals surface area (Å²) in [7, 11) is 0. The van der Waals surface area contributed by atoms with E-state index in [0.29, 0.717) is 12.5 Å². The van der Waals surface area contributed by atoms with Gasteiger partial charge in [0, 0.05) is 18.3 Å². The summed E-state index contributed by atoms with van der Waals surface area (Å²) in [6.45, 7) is 4.22. The van der Waals surface area contributed by atoms with Gasteiger partial charge in [0.15, 0.2) is 5.16 Å². The van der Waals surface area contributed by atoms with Crippen molar-refractivity contribution >= 4 is 11.8 Å². The average Bonchev–Trinajstić information content (AvgIpc) is 3.03. The predicted molar refractivity (Wildman–Crippen MR) is 77.0 cm³/mol. The van der Waals surface area contributed by atoms with Gasteiger partial charge in [0.25, 0.3) is 0 Å². The van der Waals surface area contributed by atoms with Crippen LogP contribution in [0.2, 0.25) is 0 Å². The molecule has 0 amide bonds. The van der Waals surface area contributed by atoms with Crippen LogP contribution in [-0.2, 0) is 11.3 Å². The molecule has 0 radical (unpaired) electrons. The summed E-state index contributed by atoms with van der Waals surface area (Å²) in [6, 6.07) is 3.91. The Balaban J connectivity index is 1.71. The molecular formula is C14H19N3O2S. The minimum Gasteiger partial charge on any atom is -0.467 e. The lowest BCUT2D eigenvalue weighted by molar-refractivity contribution is 0.164. The summed E-state index contributed by atoms with van der Waals surface area (Å²) in [4.78, 5) is 0. The number of nitrogens with zero attached hydrogens (tertiary/aromatic N) is 3. The molecule has 1 aliphatic carbocycles. The van der Waals surface area contributed by atoms with Gasteiger partial charge in [-0.05, 0) is 31.9 Å². The quantitative estimate of drug-likeness (QED) is 0.553. The van der Waals surface area contributed by atoms with Crippen molar-refractivity contribution in [3.8, 4) is 0 Å². The van der Waals surface area contributed by atoms with Crippen molar-refractivity contribution in [2.24, 2.45) is 0 Å². The van der Waals surface area contributed by atoms with Crippen LogP contribution >= 0.6 is 11.8 Å². The molecule has 0 aliphatic heterocycles.